The van der Waals surface area contributed by atoms with Crippen molar-refractivity contribution < 1.29 is 0 Å². The summed E-state index contributed by atoms with van der Waals surface area (Å²) in [5.41, 5.74) is 11.6. The topological polar surface area (TPSA) is 29.3 Å². The number of benzene rings is 3. The van der Waals surface area contributed by atoms with Crippen LogP contribution in [0.15, 0.2) is 78.9 Å². The van der Waals surface area contributed by atoms with E-state index in [1.165, 1.54) is 5.56 Å². The second-order valence-electron chi connectivity index (χ2n) is 7.05. The Morgan fingerprint density at radius 2 is 1.20 bits per heavy atom. The van der Waals surface area contributed by atoms with E-state index in [2.05, 4.69) is 86.3 Å². The molecule has 2 heteroatoms. The SMILES string of the molecule is CCC(C)(C)c1ccc(N(c2ccccc2)c2ccc(N)cc2)cc1. The molecule has 0 atom stereocenters. The quantitative estimate of drug-likeness (QED) is 0.546. The van der Waals surface area contributed by atoms with Crippen molar-refractivity contribution in [2.75, 3.05) is 10.6 Å². The van der Waals surface area contributed by atoms with Gasteiger partial charge in [0.05, 0.1) is 0 Å². The minimum absolute atomic E-state index is 0.192. The number of nitrogens with two attached hydrogens (primary N) is 1. The lowest BCUT2D eigenvalue weighted by molar-refractivity contribution is 0.506. The summed E-state index contributed by atoms with van der Waals surface area (Å²) in [5.74, 6) is 0. The monoisotopic (exact) mass is 330 g/mol. The lowest BCUT2D eigenvalue weighted by atomic mass is 9.82. The Kier molecular flexibility index (Phi) is 4.80. The zero-order valence-electron chi connectivity index (χ0n) is 15.2. The Hall–Kier alpha value is -2.74. The summed E-state index contributed by atoms with van der Waals surface area (Å²) in [4.78, 5) is 2.25. The molecule has 0 heterocycles. The first-order valence-electron chi connectivity index (χ1n) is 8.82. The average molecular weight is 330 g/mol. The summed E-state index contributed by atoms with van der Waals surface area (Å²) in [5, 5.41) is 0. The van der Waals surface area contributed by atoms with E-state index in [0.717, 1.165) is 29.2 Å². The zero-order valence-corrected chi connectivity index (χ0v) is 15.2. The molecule has 0 aliphatic carbocycles. The average Bonchev–Trinajstić information content (AvgIpc) is 2.65. The number of nitrogen functional groups attached to an aromatic ring is 1. The molecule has 3 aromatic rings. The molecule has 0 aliphatic heterocycles. The normalized spacial score (nSPS) is 11.3. The fourth-order valence-corrected chi connectivity index (χ4v) is 2.91. The Morgan fingerprint density at radius 1 is 0.720 bits per heavy atom. The molecule has 0 saturated heterocycles. The van der Waals surface area contributed by atoms with Gasteiger partial charge in [-0.05, 0) is 65.9 Å². The van der Waals surface area contributed by atoms with E-state index in [1.54, 1.807) is 0 Å². The van der Waals surface area contributed by atoms with Gasteiger partial charge in [-0.3, -0.25) is 0 Å². The Labute approximate surface area is 150 Å². The van der Waals surface area contributed by atoms with Crippen molar-refractivity contribution in [2.24, 2.45) is 0 Å². The van der Waals surface area contributed by atoms with E-state index < -0.39 is 0 Å². The fourth-order valence-electron chi connectivity index (χ4n) is 2.91. The van der Waals surface area contributed by atoms with Crippen LogP contribution in [0.3, 0.4) is 0 Å². The number of anilines is 4. The molecule has 0 radical (unpaired) electrons. The summed E-state index contributed by atoms with van der Waals surface area (Å²) in [6, 6.07) is 27.3. The van der Waals surface area contributed by atoms with Gasteiger partial charge in [0.25, 0.3) is 0 Å². The zero-order chi connectivity index (χ0) is 17.9. The highest BCUT2D eigenvalue weighted by Gasteiger charge is 2.19. The van der Waals surface area contributed by atoms with Crippen LogP contribution in [0.25, 0.3) is 0 Å². The molecule has 0 fully saturated rings. The minimum Gasteiger partial charge on any atom is -0.399 e. The van der Waals surface area contributed by atoms with Gasteiger partial charge >= 0.3 is 0 Å². The van der Waals surface area contributed by atoms with Crippen LogP contribution < -0.4 is 10.6 Å². The highest BCUT2D eigenvalue weighted by Crippen LogP contribution is 2.36. The Bertz CT molecular complexity index is 803. The molecule has 0 amide bonds. The fraction of sp³-hybridized carbons (Fsp3) is 0.217. The van der Waals surface area contributed by atoms with Gasteiger partial charge in [-0.2, -0.15) is 0 Å². The number of nitrogens with zero attached hydrogens (tertiary/aromatic N) is 1. The molecule has 0 aromatic heterocycles. The molecule has 0 spiro atoms. The molecule has 0 bridgehead atoms. The Balaban J connectivity index is 2.05. The maximum atomic E-state index is 5.87. The van der Waals surface area contributed by atoms with Crippen molar-refractivity contribution in [3.63, 3.8) is 0 Å². The van der Waals surface area contributed by atoms with Gasteiger partial charge in [0, 0.05) is 22.7 Å². The summed E-state index contributed by atoms with van der Waals surface area (Å²) >= 11 is 0. The van der Waals surface area contributed by atoms with E-state index >= 15 is 0 Å². The smallest absolute Gasteiger partial charge is 0.0463 e. The molecule has 2 nitrogen and oxygen atoms in total. The van der Waals surface area contributed by atoms with Crippen molar-refractivity contribution >= 4 is 22.7 Å². The maximum absolute atomic E-state index is 5.87. The van der Waals surface area contributed by atoms with Gasteiger partial charge in [0.2, 0.25) is 0 Å². The first-order chi connectivity index (χ1) is 12.0. The van der Waals surface area contributed by atoms with E-state index in [-0.39, 0.29) is 5.41 Å². The lowest BCUT2D eigenvalue weighted by Gasteiger charge is -2.28. The predicted octanol–water partition coefficient (Wildman–Crippen LogP) is 6.43. The molecule has 0 saturated carbocycles. The van der Waals surface area contributed by atoms with Crippen molar-refractivity contribution in [1.29, 1.82) is 0 Å². The standard InChI is InChI=1S/C23H26N2/c1-4-23(2,3)18-10-14-21(15-11-18)25(20-8-6-5-7-9-20)22-16-12-19(24)13-17-22/h5-17H,4,24H2,1-3H3. The van der Waals surface area contributed by atoms with Gasteiger partial charge < -0.3 is 10.6 Å². The van der Waals surface area contributed by atoms with E-state index in [0.29, 0.717) is 0 Å². The number of hydrogen-bond acceptors (Lipinski definition) is 2. The lowest BCUT2D eigenvalue weighted by Crippen LogP contribution is -2.16. The summed E-state index contributed by atoms with van der Waals surface area (Å²) in [6.45, 7) is 6.81. The first-order valence-corrected chi connectivity index (χ1v) is 8.82. The van der Waals surface area contributed by atoms with Gasteiger partial charge in [-0.25, -0.2) is 0 Å². The highest BCUT2D eigenvalue weighted by atomic mass is 15.1. The van der Waals surface area contributed by atoms with E-state index in [1.807, 2.05) is 18.2 Å². The third-order valence-corrected chi connectivity index (χ3v) is 4.96. The molecule has 128 valence electrons. The predicted molar refractivity (Wildman–Crippen MR) is 109 cm³/mol. The van der Waals surface area contributed by atoms with Crippen LogP contribution in [0.5, 0.6) is 0 Å². The minimum atomic E-state index is 0.192. The van der Waals surface area contributed by atoms with Gasteiger partial charge in [0.1, 0.15) is 0 Å². The second kappa shape index (κ2) is 7.02. The van der Waals surface area contributed by atoms with Gasteiger partial charge in [-0.1, -0.05) is 51.1 Å². The van der Waals surface area contributed by atoms with Crippen molar-refractivity contribution in [3.05, 3.63) is 84.4 Å². The largest absolute Gasteiger partial charge is 0.399 e. The second-order valence-corrected chi connectivity index (χ2v) is 7.05. The van der Waals surface area contributed by atoms with E-state index in [4.69, 9.17) is 5.73 Å². The van der Waals surface area contributed by atoms with E-state index in [9.17, 15) is 0 Å². The van der Waals surface area contributed by atoms with Crippen LogP contribution in [0.4, 0.5) is 22.7 Å². The summed E-state index contributed by atoms with van der Waals surface area (Å²) in [7, 11) is 0. The molecule has 25 heavy (non-hydrogen) atoms. The number of para-hydroxylation sites is 1. The van der Waals surface area contributed by atoms with Gasteiger partial charge in [0.15, 0.2) is 0 Å². The van der Waals surface area contributed by atoms with Crippen LogP contribution in [-0.4, -0.2) is 0 Å². The number of rotatable bonds is 5. The molecule has 3 aromatic carbocycles. The molecule has 2 N–H and O–H groups in total. The summed E-state index contributed by atoms with van der Waals surface area (Å²) < 4.78 is 0. The molecule has 0 unspecified atom stereocenters. The summed E-state index contributed by atoms with van der Waals surface area (Å²) in [6.07, 6.45) is 1.12. The van der Waals surface area contributed by atoms with Crippen LogP contribution in [0.1, 0.15) is 32.8 Å². The molecular weight excluding hydrogens is 304 g/mol. The highest BCUT2D eigenvalue weighted by molar-refractivity contribution is 5.77. The Morgan fingerprint density at radius 3 is 1.72 bits per heavy atom. The van der Waals surface area contributed by atoms with Crippen LogP contribution in [-0.2, 0) is 5.41 Å². The first kappa shape index (κ1) is 17.1. The van der Waals surface area contributed by atoms with Crippen LogP contribution in [0, 0.1) is 0 Å². The third kappa shape index (κ3) is 3.69. The van der Waals surface area contributed by atoms with Crippen molar-refractivity contribution in [1.82, 2.24) is 0 Å². The van der Waals surface area contributed by atoms with Crippen molar-refractivity contribution in [2.45, 2.75) is 32.6 Å². The molecule has 3 rings (SSSR count). The maximum Gasteiger partial charge on any atom is 0.0463 e. The van der Waals surface area contributed by atoms with Crippen LogP contribution in [0.2, 0.25) is 0 Å². The third-order valence-electron chi connectivity index (χ3n) is 4.96. The molecule has 0 aliphatic rings. The van der Waals surface area contributed by atoms with Crippen LogP contribution >= 0.6 is 0 Å². The van der Waals surface area contributed by atoms with Gasteiger partial charge in [-0.15, -0.1) is 0 Å². The van der Waals surface area contributed by atoms with Crippen molar-refractivity contribution in [3.8, 4) is 0 Å². The number of hydrogen-bond donors (Lipinski definition) is 1. The molecular formula is C23H26N2.